The lowest BCUT2D eigenvalue weighted by atomic mass is 10.2. The molecular weight excluding hydrogens is 178 g/mol. The SMILES string of the molecule is CCCNCc1cnn(CCO)c1C. The Labute approximate surface area is 84.9 Å². The summed E-state index contributed by atoms with van der Waals surface area (Å²) in [5, 5.41) is 16.3. The number of aliphatic hydroxyl groups excluding tert-OH is 1. The summed E-state index contributed by atoms with van der Waals surface area (Å²) < 4.78 is 1.84. The zero-order chi connectivity index (χ0) is 10.4. The minimum absolute atomic E-state index is 0.143. The van der Waals surface area contributed by atoms with Gasteiger partial charge in [-0.1, -0.05) is 6.92 Å². The highest BCUT2D eigenvalue weighted by Crippen LogP contribution is 2.06. The van der Waals surface area contributed by atoms with Crippen LogP contribution in [0.2, 0.25) is 0 Å². The van der Waals surface area contributed by atoms with Crippen LogP contribution in [0.25, 0.3) is 0 Å². The van der Waals surface area contributed by atoms with E-state index in [9.17, 15) is 0 Å². The van der Waals surface area contributed by atoms with Gasteiger partial charge in [-0.25, -0.2) is 0 Å². The first-order chi connectivity index (χ1) is 6.79. The molecule has 0 amide bonds. The van der Waals surface area contributed by atoms with Crippen LogP contribution < -0.4 is 5.32 Å². The lowest BCUT2D eigenvalue weighted by molar-refractivity contribution is 0.268. The summed E-state index contributed by atoms with van der Waals surface area (Å²) in [5.41, 5.74) is 2.36. The third kappa shape index (κ3) is 2.82. The zero-order valence-corrected chi connectivity index (χ0v) is 8.95. The van der Waals surface area contributed by atoms with Gasteiger partial charge in [0.2, 0.25) is 0 Å². The molecule has 14 heavy (non-hydrogen) atoms. The smallest absolute Gasteiger partial charge is 0.0643 e. The molecule has 0 bridgehead atoms. The maximum absolute atomic E-state index is 8.79. The Morgan fingerprint density at radius 2 is 2.36 bits per heavy atom. The molecule has 1 rings (SSSR count). The van der Waals surface area contributed by atoms with Crippen LogP contribution in [0, 0.1) is 6.92 Å². The van der Waals surface area contributed by atoms with Gasteiger partial charge in [0.25, 0.3) is 0 Å². The van der Waals surface area contributed by atoms with Crippen LogP contribution in [0.5, 0.6) is 0 Å². The predicted molar refractivity (Wildman–Crippen MR) is 56.0 cm³/mol. The molecule has 0 unspecified atom stereocenters. The number of rotatable bonds is 6. The second-order valence-corrected chi connectivity index (χ2v) is 3.38. The quantitative estimate of drug-likeness (QED) is 0.659. The topological polar surface area (TPSA) is 50.1 Å². The van der Waals surface area contributed by atoms with E-state index in [1.807, 2.05) is 17.8 Å². The first-order valence-electron chi connectivity index (χ1n) is 5.12. The molecule has 1 heterocycles. The van der Waals surface area contributed by atoms with E-state index in [0.29, 0.717) is 6.54 Å². The molecule has 0 aliphatic carbocycles. The molecular formula is C10H19N3O. The molecule has 0 saturated carbocycles. The van der Waals surface area contributed by atoms with Gasteiger partial charge >= 0.3 is 0 Å². The van der Waals surface area contributed by atoms with Gasteiger partial charge in [0.15, 0.2) is 0 Å². The van der Waals surface area contributed by atoms with Crippen molar-refractivity contribution in [2.24, 2.45) is 0 Å². The molecule has 0 atom stereocenters. The van der Waals surface area contributed by atoms with Gasteiger partial charge in [0.1, 0.15) is 0 Å². The standard InChI is InChI=1S/C10H19N3O/c1-3-4-11-7-10-8-12-13(5-6-14)9(10)2/h8,11,14H,3-7H2,1-2H3. The van der Waals surface area contributed by atoms with Gasteiger partial charge in [-0.05, 0) is 19.9 Å². The normalized spacial score (nSPS) is 10.8. The highest BCUT2D eigenvalue weighted by atomic mass is 16.3. The van der Waals surface area contributed by atoms with Crippen LogP contribution in [-0.4, -0.2) is 28.0 Å². The van der Waals surface area contributed by atoms with E-state index >= 15 is 0 Å². The van der Waals surface area contributed by atoms with Crippen LogP contribution in [0.3, 0.4) is 0 Å². The Morgan fingerprint density at radius 1 is 1.57 bits per heavy atom. The molecule has 0 aliphatic heterocycles. The summed E-state index contributed by atoms with van der Waals surface area (Å²) in [6.07, 6.45) is 3.01. The second kappa shape index (κ2) is 5.78. The van der Waals surface area contributed by atoms with Crippen molar-refractivity contribution in [3.05, 3.63) is 17.5 Å². The van der Waals surface area contributed by atoms with Crippen LogP contribution in [-0.2, 0) is 13.1 Å². The Hall–Kier alpha value is -0.870. The highest BCUT2D eigenvalue weighted by molar-refractivity contribution is 5.15. The summed E-state index contributed by atoms with van der Waals surface area (Å²) in [4.78, 5) is 0. The molecule has 4 heteroatoms. The minimum atomic E-state index is 0.143. The summed E-state index contributed by atoms with van der Waals surface area (Å²) in [6.45, 7) is 6.81. The maximum Gasteiger partial charge on any atom is 0.0643 e. The predicted octanol–water partition coefficient (Wildman–Crippen LogP) is 0.683. The first kappa shape index (κ1) is 11.2. The van der Waals surface area contributed by atoms with Crippen molar-refractivity contribution in [2.75, 3.05) is 13.2 Å². The molecule has 0 aliphatic rings. The average molecular weight is 197 g/mol. The van der Waals surface area contributed by atoms with E-state index in [2.05, 4.69) is 17.3 Å². The Balaban J connectivity index is 2.51. The van der Waals surface area contributed by atoms with Crippen molar-refractivity contribution in [1.29, 1.82) is 0 Å². The molecule has 0 aromatic carbocycles. The molecule has 1 aromatic rings. The van der Waals surface area contributed by atoms with E-state index in [-0.39, 0.29) is 6.61 Å². The fourth-order valence-electron chi connectivity index (χ4n) is 1.38. The average Bonchev–Trinajstić information content (AvgIpc) is 2.51. The third-order valence-electron chi connectivity index (χ3n) is 2.26. The van der Waals surface area contributed by atoms with E-state index in [1.54, 1.807) is 0 Å². The zero-order valence-electron chi connectivity index (χ0n) is 8.95. The van der Waals surface area contributed by atoms with Gasteiger partial charge in [0.05, 0.1) is 19.3 Å². The number of nitrogens with one attached hydrogen (secondary N) is 1. The highest BCUT2D eigenvalue weighted by Gasteiger charge is 2.04. The second-order valence-electron chi connectivity index (χ2n) is 3.38. The molecule has 1 aromatic heterocycles. The minimum Gasteiger partial charge on any atom is -0.394 e. The molecule has 2 N–H and O–H groups in total. The van der Waals surface area contributed by atoms with E-state index in [4.69, 9.17) is 5.11 Å². The van der Waals surface area contributed by atoms with Crippen molar-refractivity contribution >= 4 is 0 Å². The number of nitrogens with zero attached hydrogens (tertiary/aromatic N) is 2. The van der Waals surface area contributed by atoms with Gasteiger partial charge in [-0.2, -0.15) is 5.10 Å². The van der Waals surface area contributed by atoms with Crippen molar-refractivity contribution in [3.63, 3.8) is 0 Å². The lowest BCUT2D eigenvalue weighted by Gasteiger charge is -2.04. The number of aromatic nitrogens is 2. The number of aliphatic hydroxyl groups is 1. The van der Waals surface area contributed by atoms with Crippen LogP contribution in [0.15, 0.2) is 6.20 Å². The summed E-state index contributed by atoms with van der Waals surface area (Å²) >= 11 is 0. The molecule has 0 saturated heterocycles. The van der Waals surface area contributed by atoms with Crippen molar-refractivity contribution in [3.8, 4) is 0 Å². The maximum atomic E-state index is 8.79. The fraction of sp³-hybridized carbons (Fsp3) is 0.700. The Bertz CT molecular complexity index is 270. The largest absolute Gasteiger partial charge is 0.394 e. The van der Waals surface area contributed by atoms with E-state index < -0.39 is 0 Å². The number of hydrogen-bond donors (Lipinski definition) is 2. The van der Waals surface area contributed by atoms with Crippen LogP contribution in [0.1, 0.15) is 24.6 Å². The van der Waals surface area contributed by atoms with Crippen LogP contribution in [0.4, 0.5) is 0 Å². The Kier molecular flexibility index (Phi) is 4.62. The molecule has 0 spiro atoms. The Morgan fingerprint density at radius 3 is 3.00 bits per heavy atom. The van der Waals surface area contributed by atoms with E-state index in [1.165, 1.54) is 5.56 Å². The first-order valence-corrected chi connectivity index (χ1v) is 5.12. The van der Waals surface area contributed by atoms with Crippen molar-refractivity contribution < 1.29 is 5.11 Å². The number of hydrogen-bond acceptors (Lipinski definition) is 3. The molecule has 0 fully saturated rings. The fourth-order valence-corrected chi connectivity index (χ4v) is 1.38. The van der Waals surface area contributed by atoms with Gasteiger partial charge in [0, 0.05) is 17.8 Å². The van der Waals surface area contributed by atoms with Crippen molar-refractivity contribution in [1.82, 2.24) is 15.1 Å². The lowest BCUT2D eigenvalue weighted by Crippen LogP contribution is -2.14. The summed E-state index contributed by atoms with van der Waals surface area (Å²) in [5.74, 6) is 0. The van der Waals surface area contributed by atoms with E-state index in [0.717, 1.165) is 25.2 Å². The molecule has 4 nitrogen and oxygen atoms in total. The van der Waals surface area contributed by atoms with Gasteiger partial charge in [-0.3, -0.25) is 4.68 Å². The molecule has 0 radical (unpaired) electrons. The summed E-state index contributed by atoms with van der Waals surface area (Å²) in [6, 6.07) is 0. The third-order valence-corrected chi connectivity index (χ3v) is 2.26. The summed E-state index contributed by atoms with van der Waals surface area (Å²) in [7, 11) is 0. The van der Waals surface area contributed by atoms with Gasteiger partial charge in [-0.15, -0.1) is 0 Å². The van der Waals surface area contributed by atoms with Gasteiger partial charge < -0.3 is 10.4 Å². The monoisotopic (exact) mass is 197 g/mol. The van der Waals surface area contributed by atoms with Crippen molar-refractivity contribution in [2.45, 2.75) is 33.4 Å². The van der Waals surface area contributed by atoms with Crippen LogP contribution >= 0.6 is 0 Å². The molecule has 80 valence electrons.